The summed E-state index contributed by atoms with van der Waals surface area (Å²) in [4.78, 5) is 15.5. The number of likely N-dealkylation sites (tertiary alicyclic amines) is 1. The van der Waals surface area contributed by atoms with Crippen LogP contribution in [0.2, 0.25) is 5.02 Å². The minimum absolute atomic E-state index is 0.106. The Balaban J connectivity index is 1.66. The average Bonchev–Trinajstić information content (AvgIpc) is 3.04. The summed E-state index contributed by atoms with van der Waals surface area (Å²) in [5.41, 5.74) is 1.08. The second-order valence-corrected chi connectivity index (χ2v) is 6.98. The van der Waals surface area contributed by atoms with Gasteiger partial charge in [-0.25, -0.2) is 0 Å². The van der Waals surface area contributed by atoms with Crippen molar-refractivity contribution in [3.05, 3.63) is 59.1 Å². The molecule has 2 aromatic carbocycles. The van der Waals surface area contributed by atoms with Crippen molar-refractivity contribution in [2.24, 2.45) is 0 Å². The first-order valence-electron chi connectivity index (χ1n) is 7.61. The van der Waals surface area contributed by atoms with Crippen LogP contribution in [0, 0.1) is 0 Å². The second kappa shape index (κ2) is 7.28. The first-order chi connectivity index (χ1) is 11.1. The van der Waals surface area contributed by atoms with Crippen LogP contribution in [0.3, 0.4) is 0 Å². The fourth-order valence-electron chi connectivity index (χ4n) is 2.89. The van der Waals surface area contributed by atoms with E-state index in [9.17, 15) is 9.90 Å². The lowest BCUT2D eigenvalue weighted by Gasteiger charge is -2.25. The molecule has 0 radical (unpaired) electrons. The number of nitrogens with zero attached hydrogens (tertiary/aromatic N) is 1. The molecule has 0 saturated carbocycles. The highest BCUT2D eigenvalue weighted by molar-refractivity contribution is 8.00. The Kier molecular flexibility index (Phi) is 5.13. The van der Waals surface area contributed by atoms with Crippen molar-refractivity contribution < 1.29 is 9.90 Å². The number of halogens is 1. The predicted octanol–water partition coefficient (Wildman–Crippen LogP) is 4.50. The Morgan fingerprint density at radius 2 is 1.96 bits per heavy atom. The zero-order valence-corrected chi connectivity index (χ0v) is 14.2. The lowest BCUT2D eigenvalue weighted by Crippen LogP contribution is -2.31. The van der Waals surface area contributed by atoms with Gasteiger partial charge in [-0.2, -0.15) is 0 Å². The normalized spacial score (nSPS) is 17.4. The molecule has 5 heteroatoms. The number of benzene rings is 2. The van der Waals surface area contributed by atoms with E-state index in [4.69, 9.17) is 11.6 Å². The van der Waals surface area contributed by atoms with Crippen LogP contribution >= 0.6 is 23.4 Å². The molecule has 23 heavy (non-hydrogen) atoms. The van der Waals surface area contributed by atoms with E-state index in [-0.39, 0.29) is 17.7 Å². The molecule has 0 unspecified atom stereocenters. The van der Waals surface area contributed by atoms with Crippen LogP contribution in [-0.4, -0.2) is 28.2 Å². The first-order valence-corrected chi connectivity index (χ1v) is 8.97. The standard InChI is InChI=1S/C18H18ClNO2S/c19-15-4-1-2-6-17(15)23-12-18(22)20-11-3-5-16(20)13-7-9-14(21)10-8-13/h1-2,4,6-10,16,21H,3,5,11-12H2/t16-/m1/s1. The van der Waals surface area contributed by atoms with E-state index in [1.807, 2.05) is 41.3 Å². The van der Waals surface area contributed by atoms with E-state index in [0.717, 1.165) is 29.8 Å². The molecule has 3 rings (SSSR count). The molecule has 1 saturated heterocycles. The van der Waals surface area contributed by atoms with Gasteiger partial charge in [0.25, 0.3) is 0 Å². The van der Waals surface area contributed by atoms with Gasteiger partial charge < -0.3 is 10.0 Å². The lowest BCUT2D eigenvalue weighted by atomic mass is 10.0. The smallest absolute Gasteiger partial charge is 0.233 e. The zero-order valence-electron chi connectivity index (χ0n) is 12.6. The van der Waals surface area contributed by atoms with E-state index >= 15 is 0 Å². The molecular weight excluding hydrogens is 330 g/mol. The average molecular weight is 348 g/mol. The number of amides is 1. The summed E-state index contributed by atoms with van der Waals surface area (Å²) in [6, 6.07) is 14.8. The highest BCUT2D eigenvalue weighted by Crippen LogP contribution is 2.34. The SMILES string of the molecule is O=C(CSc1ccccc1Cl)N1CCC[C@@H]1c1ccc(O)cc1. The number of aromatic hydroxyl groups is 1. The van der Waals surface area contributed by atoms with Crippen molar-refractivity contribution in [2.75, 3.05) is 12.3 Å². The second-order valence-electron chi connectivity index (χ2n) is 5.56. The summed E-state index contributed by atoms with van der Waals surface area (Å²) in [5, 5.41) is 10.1. The minimum Gasteiger partial charge on any atom is -0.508 e. The predicted molar refractivity (Wildman–Crippen MR) is 94.0 cm³/mol. The van der Waals surface area contributed by atoms with Crippen LogP contribution in [0.5, 0.6) is 5.75 Å². The number of hydrogen-bond acceptors (Lipinski definition) is 3. The molecule has 1 aliphatic rings. The molecule has 2 aromatic rings. The van der Waals surface area contributed by atoms with Gasteiger partial charge in [0.05, 0.1) is 16.8 Å². The van der Waals surface area contributed by atoms with Gasteiger partial charge in [-0.15, -0.1) is 11.8 Å². The number of phenolic OH excluding ortho intramolecular Hbond substituents is 1. The summed E-state index contributed by atoms with van der Waals surface area (Å²) < 4.78 is 0. The number of hydrogen-bond donors (Lipinski definition) is 1. The number of phenols is 1. The Morgan fingerprint density at radius 1 is 1.22 bits per heavy atom. The largest absolute Gasteiger partial charge is 0.508 e. The molecular formula is C18H18ClNO2S. The van der Waals surface area contributed by atoms with Crippen molar-refractivity contribution in [3.8, 4) is 5.75 Å². The highest BCUT2D eigenvalue weighted by atomic mass is 35.5. The van der Waals surface area contributed by atoms with Gasteiger partial charge in [0.1, 0.15) is 5.75 Å². The summed E-state index contributed by atoms with van der Waals surface area (Å²) in [6.07, 6.45) is 1.97. The third-order valence-corrected chi connectivity index (χ3v) is 5.54. The number of carbonyl (C=O) groups is 1. The number of rotatable bonds is 4. The van der Waals surface area contributed by atoms with E-state index < -0.39 is 0 Å². The lowest BCUT2D eigenvalue weighted by molar-refractivity contribution is -0.129. The van der Waals surface area contributed by atoms with Crippen LogP contribution in [-0.2, 0) is 4.79 Å². The van der Waals surface area contributed by atoms with Gasteiger partial charge in [0.15, 0.2) is 0 Å². The van der Waals surface area contributed by atoms with E-state index in [0.29, 0.717) is 10.8 Å². The summed E-state index contributed by atoms with van der Waals surface area (Å²) in [6.45, 7) is 0.785. The van der Waals surface area contributed by atoms with Crippen molar-refractivity contribution >= 4 is 29.3 Å². The Morgan fingerprint density at radius 3 is 2.70 bits per heavy atom. The van der Waals surface area contributed by atoms with E-state index in [1.54, 1.807) is 12.1 Å². The van der Waals surface area contributed by atoms with Gasteiger partial charge in [-0.1, -0.05) is 35.9 Å². The molecule has 1 atom stereocenters. The van der Waals surface area contributed by atoms with Crippen LogP contribution < -0.4 is 0 Å². The molecule has 0 aliphatic carbocycles. The van der Waals surface area contributed by atoms with Crippen molar-refractivity contribution in [3.63, 3.8) is 0 Å². The molecule has 1 amide bonds. The quantitative estimate of drug-likeness (QED) is 0.828. The molecule has 120 valence electrons. The third-order valence-electron chi connectivity index (χ3n) is 4.04. The van der Waals surface area contributed by atoms with E-state index in [2.05, 4.69) is 0 Å². The topological polar surface area (TPSA) is 40.5 Å². The zero-order chi connectivity index (χ0) is 16.2. The van der Waals surface area contributed by atoms with Crippen LogP contribution in [0.15, 0.2) is 53.4 Å². The third kappa shape index (κ3) is 3.82. The number of carbonyl (C=O) groups excluding carboxylic acids is 1. The van der Waals surface area contributed by atoms with Gasteiger partial charge >= 0.3 is 0 Å². The van der Waals surface area contributed by atoms with Gasteiger partial charge in [-0.3, -0.25) is 4.79 Å². The fourth-order valence-corrected chi connectivity index (χ4v) is 4.02. The Hall–Kier alpha value is -1.65. The maximum atomic E-state index is 12.6. The Bertz CT molecular complexity index is 690. The van der Waals surface area contributed by atoms with Crippen LogP contribution in [0.1, 0.15) is 24.4 Å². The minimum atomic E-state index is 0.106. The Labute approximate surface area is 145 Å². The molecule has 1 N–H and O–H groups in total. The summed E-state index contributed by atoms with van der Waals surface area (Å²) in [5.74, 6) is 0.766. The van der Waals surface area contributed by atoms with Gasteiger partial charge in [0, 0.05) is 11.4 Å². The summed E-state index contributed by atoms with van der Waals surface area (Å²) >= 11 is 7.62. The van der Waals surface area contributed by atoms with Crippen molar-refractivity contribution in [1.29, 1.82) is 0 Å². The molecule has 1 aliphatic heterocycles. The van der Waals surface area contributed by atoms with E-state index in [1.165, 1.54) is 11.8 Å². The molecule has 1 fully saturated rings. The number of thioether (sulfide) groups is 1. The van der Waals surface area contributed by atoms with Crippen LogP contribution in [0.4, 0.5) is 0 Å². The molecule has 0 aromatic heterocycles. The highest BCUT2D eigenvalue weighted by Gasteiger charge is 2.29. The first kappa shape index (κ1) is 16.2. The monoisotopic (exact) mass is 347 g/mol. The molecule has 1 heterocycles. The molecule has 0 spiro atoms. The molecule has 3 nitrogen and oxygen atoms in total. The van der Waals surface area contributed by atoms with Crippen LogP contribution in [0.25, 0.3) is 0 Å². The fraction of sp³-hybridized carbons (Fsp3) is 0.278. The maximum absolute atomic E-state index is 12.6. The van der Waals surface area contributed by atoms with Crippen molar-refractivity contribution in [2.45, 2.75) is 23.8 Å². The van der Waals surface area contributed by atoms with Gasteiger partial charge in [0.2, 0.25) is 5.91 Å². The maximum Gasteiger partial charge on any atom is 0.233 e. The van der Waals surface area contributed by atoms with Crippen molar-refractivity contribution in [1.82, 2.24) is 4.90 Å². The van der Waals surface area contributed by atoms with Gasteiger partial charge in [-0.05, 0) is 42.7 Å². The molecule has 0 bridgehead atoms. The summed E-state index contributed by atoms with van der Waals surface area (Å²) in [7, 11) is 0.